The van der Waals surface area contributed by atoms with E-state index in [1.807, 2.05) is 26.0 Å². The highest BCUT2D eigenvalue weighted by atomic mass is 35.5. The van der Waals surface area contributed by atoms with Crippen molar-refractivity contribution in [3.8, 4) is 5.75 Å². The Morgan fingerprint density at radius 2 is 2.12 bits per heavy atom. The van der Waals surface area contributed by atoms with E-state index >= 15 is 0 Å². The van der Waals surface area contributed by atoms with E-state index in [0.717, 1.165) is 18.7 Å². The van der Waals surface area contributed by atoms with Crippen LogP contribution in [0.3, 0.4) is 0 Å². The van der Waals surface area contributed by atoms with E-state index < -0.39 is 5.82 Å². The van der Waals surface area contributed by atoms with Crippen LogP contribution in [-0.4, -0.2) is 30.0 Å². The van der Waals surface area contributed by atoms with Gasteiger partial charge in [-0.1, -0.05) is 17.7 Å². The van der Waals surface area contributed by atoms with Crippen LogP contribution < -0.4 is 10.1 Å². The number of halogens is 2. The second-order valence-electron chi connectivity index (χ2n) is 6.37. The Kier molecular flexibility index (Phi) is 5.79. The smallest absolute Gasteiger partial charge is 0.241 e. The summed E-state index contributed by atoms with van der Waals surface area (Å²) >= 11 is 6.00. The zero-order chi connectivity index (χ0) is 18.7. The number of anilines is 1. The Labute approximate surface area is 157 Å². The Balaban J connectivity index is 1.69. The summed E-state index contributed by atoms with van der Waals surface area (Å²) < 4.78 is 18.7. The molecule has 0 aromatic heterocycles. The van der Waals surface area contributed by atoms with E-state index in [1.54, 1.807) is 0 Å². The quantitative estimate of drug-likeness (QED) is 0.847. The highest BCUT2D eigenvalue weighted by Crippen LogP contribution is 2.26. The fourth-order valence-electron chi connectivity index (χ4n) is 3.14. The van der Waals surface area contributed by atoms with Crippen molar-refractivity contribution in [2.24, 2.45) is 0 Å². The van der Waals surface area contributed by atoms with E-state index in [1.165, 1.54) is 29.3 Å². The lowest BCUT2D eigenvalue weighted by Crippen LogP contribution is -2.44. The van der Waals surface area contributed by atoms with Gasteiger partial charge in [0.15, 0.2) is 0 Å². The first-order valence-electron chi connectivity index (χ1n) is 8.72. The highest BCUT2D eigenvalue weighted by Gasteiger charge is 2.26. The van der Waals surface area contributed by atoms with Crippen LogP contribution in [0.2, 0.25) is 5.02 Å². The molecular formula is C20H22ClFN2O2. The molecule has 0 saturated carbocycles. The molecule has 4 nitrogen and oxygen atoms in total. The summed E-state index contributed by atoms with van der Waals surface area (Å²) in [7, 11) is 0. The van der Waals surface area contributed by atoms with Crippen molar-refractivity contribution in [3.05, 3.63) is 58.4 Å². The molecule has 1 unspecified atom stereocenters. The number of rotatable bonds is 5. The van der Waals surface area contributed by atoms with Gasteiger partial charge >= 0.3 is 0 Å². The largest absolute Gasteiger partial charge is 0.494 e. The summed E-state index contributed by atoms with van der Waals surface area (Å²) in [5.41, 5.74) is 2.89. The Morgan fingerprint density at radius 1 is 1.31 bits per heavy atom. The molecule has 0 radical (unpaired) electrons. The summed E-state index contributed by atoms with van der Waals surface area (Å²) in [5.74, 6) is 0.255. The van der Waals surface area contributed by atoms with Crippen molar-refractivity contribution in [3.63, 3.8) is 0 Å². The fourth-order valence-corrected chi connectivity index (χ4v) is 3.35. The normalized spacial score (nSPS) is 15.2. The molecule has 0 spiro atoms. The summed E-state index contributed by atoms with van der Waals surface area (Å²) in [6, 6.07) is 9.74. The lowest BCUT2D eigenvalue weighted by atomic mass is 9.98. The molecule has 0 bridgehead atoms. The number of carbonyl (C=O) groups excluding carboxylic acids is 1. The lowest BCUT2D eigenvalue weighted by molar-refractivity contribution is -0.121. The van der Waals surface area contributed by atoms with Gasteiger partial charge in [-0.15, -0.1) is 0 Å². The van der Waals surface area contributed by atoms with Gasteiger partial charge in [0.25, 0.3) is 0 Å². The molecule has 1 aliphatic rings. The third kappa shape index (κ3) is 4.17. The van der Waals surface area contributed by atoms with Crippen LogP contribution in [0.15, 0.2) is 36.4 Å². The van der Waals surface area contributed by atoms with E-state index in [4.69, 9.17) is 16.3 Å². The number of ether oxygens (including phenoxy) is 1. The first-order chi connectivity index (χ1) is 12.5. The van der Waals surface area contributed by atoms with Crippen molar-refractivity contribution in [2.75, 3.05) is 18.5 Å². The van der Waals surface area contributed by atoms with Gasteiger partial charge in [0, 0.05) is 13.1 Å². The van der Waals surface area contributed by atoms with Crippen molar-refractivity contribution in [1.29, 1.82) is 0 Å². The third-order valence-electron chi connectivity index (χ3n) is 4.65. The fraction of sp³-hybridized carbons (Fsp3) is 0.350. The van der Waals surface area contributed by atoms with Crippen LogP contribution in [0.25, 0.3) is 0 Å². The molecule has 1 amide bonds. The van der Waals surface area contributed by atoms with Gasteiger partial charge in [0.05, 0.1) is 23.4 Å². The van der Waals surface area contributed by atoms with Crippen LogP contribution in [0, 0.1) is 5.82 Å². The molecule has 0 aliphatic carbocycles. The summed E-state index contributed by atoms with van der Waals surface area (Å²) in [5, 5.41) is 2.98. The van der Waals surface area contributed by atoms with Crippen LogP contribution in [-0.2, 0) is 17.8 Å². The first kappa shape index (κ1) is 18.7. The predicted octanol–water partition coefficient (Wildman–Crippen LogP) is 4.26. The molecule has 1 atom stereocenters. The molecule has 0 fully saturated rings. The van der Waals surface area contributed by atoms with Gasteiger partial charge in [0.2, 0.25) is 5.91 Å². The zero-order valence-electron chi connectivity index (χ0n) is 14.9. The van der Waals surface area contributed by atoms with E-state index in [2.05, 4.69) is 16.3 Å². The molecule has 0 saturated heterocycles. The van der Waals surface area contributed by atoms with Gasteiger partial charge in [-0.3, -0.25) is 9.69 Å². The average Bonchev–Trinajstić information content (AvgIpc) is 2.63. The molecule has 2 aromatic carbocycles. The van der Waals surface area contributed by atoms with Crippen molar-refractivity contribution < 1.29 is 13.9 Å². The molecular weight excluding hydrogens is 355 g/mol. The molecule has 26 heavy (non-hydrogen) atoms. The number of hydrogen-bond donors (Lipinski definition) is 1. The minimum Gasteiger partial charge on any atom is -0.494 e. The van der Waals surface area contributed by atoms with Crippen LogP contribution in [0.4, 0.5) is 10.1 Å². The van der Waals surface area contributed by atoms with Gasteiger partial charge < -0.3 is 10.1 Å². The van der Waals surface area contributed by atoms with Gasteiger partial charge in [-0.25, -0.2) is 4.39 Å². The van der Waals surface area contributed by atoms with Crippen molar-refractivity contribution >= 4 is 23.2 Å². The maximum absolute atomic E-state index is 13.1. The van der Waals surface area contributed by atoms with Crippen molar-refractivity contribution in [1.82, 2.24) is 4.90 Å². The van der Waals surface area contributed by atoms with Crippen molar-refractivity contribution in [2.45, 2.75) is 32.9 Å². The molecule has 2 aromatic rings. The summed E-state index contributed by atoms with van der Waals surface area (Å²) in [6.45, 7) is 5.93. The van der Waals surface area contributed by atoms with E-state index in [-0.39, 0.29) is 17.0 Å². The summed E-state index contributed by atoms with van der Waals surface area (Å²) in [6.07, 6.45) is 0.886. The number of nitrogens with zero attached hydrogens (tertiary/aromatic N) is 1. The third-order valence-corrected chi connectivity index (χ3v) is 4.96. The first-order valence-corrected chi connectivity index (χ1v) is 9.10. The van der Waals surface area contributed by atoms with Gasteiger partial charge in [0.1, 0.15) is 11.6 Å². The van der Waals surface area contributed by atoms with Crippen LogP contribution in [0.5, 0.6) is 5.75 Å². The Morgan fingerprint density at radius 3 is 2.85 bits per heavy atom. The number of hydrogen-bond acceptors (Lipinski definition) is 3. The molecule has 6 heteroatoms. The Bertz CT molecular complexity index is 812. The second kappa shape index (κ2) is 8.06. The van der Waals surface area contributed by atoms with Crippen LogP contribution >= 0.6 is 11.6 Å². The van der Waals surface area contributed by atoms with Gasteiger partial charge in [-0.2, -0.15) is 0 Å². The molecule has 1 N–H and O–H groups in total. The standard InChI is InChI=1S/C20H22ClFN2O2/c1-3-26-17-6-4-14-8-9-24(12-15(14)10-17)13(2)20(25)23-19-7-5-16(22)11-18(19)21/h4-7,10-11,13H,3,8-9,12H2,1-2H3,(H,23,25). The maximum Gasteiger partial charge on any atom is 0.241 e. The molecule has 138 valence electrons. The number of benzene rings is 2. The van der Waals surface area contributed by atoms with Gasteiger partial charge in [-0.05, 0) is 61.7 Å². The maximum atomic E-state index is 13.1. The topological polar surface area (TPSA) is 41.6 Å². The highest BCUT2D eigenvalue weighted by molar-refractivity contribution is 6.33. The number of nitrogens with one attached hydrogen (secondary N) is 1. The SMILES string of the molecule is CCOc1ccc2c(c1)CN(C(C)C(=O)Nc1ccc(F)cc1Cl)CC2. The minimum absolute atomic E-state index is 0.164. The monoisotopic (exact) mass is 376 g/mol. The Hall–Kier alpha value is -2.11. The average molecular weight is 377 g/mol. The lowest BCUT2D eigenvalue weighted by Gasteiger charge is -2.33. The second-order valence-corrected chi connectivity index (χ2v) is 6.78. The molecule has 1 heterocycles. The predicted molar refractivity (Wildman–Crippen MR) is 101 cm³/mol. The number of fused-ring (bicyclic) bond motifs is 1. The molecule has 1 aliphatic heterocycles. The number of amides is 1. The molecule has 3 rings (SSSR count). The minimum atomic E-state index is -0.432. The zero-order valence-corrected chi connectivity index (χ0v) is 15.6. The number of carbonyl (C=O) groups is 1. The van der Waals surface area contributed by atoms with E-state index in [9.17, 15) is 9.18 Å². The summed E-state index contributed by atoms with van der Waals surface area (Å²) in [4.78, 5) is 14.7. The van der Waals surface area contributed by atoms with E-state index in [0.29, 0.717) is 18.8 Å². The van der Waals surface area contributed by atoms with Crippen LogP contribution in [0.1, 0.15) is 25.0 Å².